The zero-order chi connectivity index (χ0) is 12.8. The van der Waals surface area contributed by atoms with Gasteiger partial charge in [0.25, 0.3) is 0 Å². The molecule has 0 aliphatic carbocycles. The molecule has 104 valence electrons. The van der Waals surface area contributed by atoms with Crippen molar-refractivity contribution in [3.8, 4) is 0 Å². The SMILES string of the molecule is COCC1CCCN(CC2(C=O)CCCOC2)C1. The molecule has 2 aliphatic rings. The number of hydrogen-bond donors (Lipinski definition) is 0. The molecular formula is C14H25NO3. The van der Waals surface area contributed by atoms with Gasteiger partial charge in [-0.25, -0.2) is 0 Å². The molecule has 2 saturated heterocycles. The van der Waals surface area contributed by atoms with E-state index < -0.39 is 0 Å². The van der Waals surface area contributed by atoms with Crippen LogP contribution < -0.4 is 0 Å². The molecule has 0 amide bonds. The molecule has 2 aliphatic heterocycles. The topological polar surface area (TPSA) is 38.8 Å². The van der Waals surface area contributed by atoms with E-state index in [1.807, 2.05) is 0 Å². The van der Waals surface area contributed by atoms with Gasteiger partial charge in [0.15, 0.2) is 0 Å². The fraction of sp³-hybridized carbons (Fsp3) is 0.929. The Hall–Kier alpha value is -0.450. The van der Waals surface area contributed by atoms with Gasteiger partial charge in [0.2, 0.25) is 0 Å². The van der Waals surface area contributed by atoms with Crippen LogP contribution >= 0.6 is 0 Å². The molecular weight excluding hydrogens is 230 g/mol. The minimum Gasteiger partial charge on any atom is -0.384 e. The summed E-state index contributed by atoms with van der Waals surface area (Å²) in [6, 6.07) is 0. The van der Waals surface area contributed by atoms with Crippen molar-refractivity contribution in [3.63, 3.8) is 0 Å². The van der Waals surface area contributed by atoms with Crippen LogP contribution in [-0.2, 0) is 14.3 Å². The first kappa shape index (κ1) is 14.0. The van der Waals surface area contributed by atoms with E-state index >= 15 is 0 Å². The van der Waals surface area contributed by atoms with E-state index in [0.717, 1.165) is 52.0 Å². The van der Waals surface area contributed by atoms with E-state index in [-0.39, 0.29) is 5.41 Å². The fourth-order valence-electron chi connectivity index (χ4n) is 3.24. The predicted octanol–water partition coefficient (Wildman–Crippen LogP) is 1.34. The van der Waals surface area contributed by atoms with Crippen LogP contribution in [0.5, 0.6) is 0 Å². The second kappa shape index (κ2) is 6.64. The first-order valence-corrected chi connectivity index (χ1v) is 7.03. The number of carbonyl (C=O) groups is 1. The molecule has 0 spiro atoms. The third-order valence-corrected chi connectivity index (χ3v) is 4.15. The fourth-order valence-corrected chi connectivity index (χ4v) is 3.24. The Kier molecular flexibility index (Phi) is 5.15. The van der Waals surface area contributed by atoms with Gasteiger partial charge in [-0.3, -0.25) is 0 Å². The molecule has 4 nitrogen and oxygen atoms in total. The molecule has 0 aromatic rings. The number of ether oxygens (including phenoxy) is 2. The summed E-state index contributed by atoms with van der Waals surface area (Å²) in [5.41, 5.74) is -0.257. The first-order chi connectivity index (χ1) is 8.78. The largest absolute Gasteiger partial charge is 0.384 e. The number of methoxy groups -OCH3 is 1. The summed E-state index contributed by atoms with van der Waals surface area (Å²) in [4.78, 5) is 13.9. The minimum absolute atomic E-state index is 0.257. The van der Waals surface area contributed by atoms with Crippen molar-refractivity contribution in [2.75, 3.05) is 46.6 Å². The van der Waals surface area contributed by atoms with E-state index in [2.05, 4.69) is 4.90 Å². The van der Waals surface area contributed by atoms with Gasteiger partial charge < -0.3 is 19.2 Å². The molecule has 2 unspecified atom stereocenters. The quantitative estimate of drug-likeness (QED) is 0.695. The van der Waals surface area contributed by atoms with Gasteiger partial charge in [-0.2, -0.15) is 0 Å². The van der Waals surface area contributed by atoms with Gasteiger partial charge in [-0.15, -0.1) is 0 Å². The van der Waals surface area contributed by atoms with E-state index in [9.17, 15) is 4.79 Å². The highest BCUT2D eigenvalue weighted by Gasteiger charge is 2.35. The summed E-state index contributed by atoms with van der Waals surface area (Å²) >= 11 is 0. The van der Waals surface area contributed by atoms with E-state index in [4.69, 9.17) is 9.47 Å². The minimum atomic E-state index is -0.257. The zero-order valence-corrected chi connectivity index (χ0v) is 11.4. The molecule has 0 aromatic carbocycles. The van der Waals surface area contributed by atoms with Crippen LogP contribution in [0.15, 0.2) is 0 Å². The molecule has 2 atom stereocenters. The third-order valence-electron chi connectivity index (χ3n) is 4.15. The molecule has 2 fully saturated rings. The highest BCUT2D eigenvalue weighted by Crippen LogP contribution is 2.29. The lowest BCUT2D eigenvalue weighted by Crippen LogP contribution is -2.48. The molecule has 18 heavy (non-hydrogen) atoms. The molecule has 0 radical (unpaired) electrons. The maximum absolute atomic E-state index is 11.4. The smallest absolute Gasteiger partial charge is 0.129 e. The standard InChI is InChI=1S/C14H25NO3/c1-17-9-13-4-2-6-15(8-13)10-14(11-16)5-3-7-18-12-14/h11,13H,2-10,12H2,1H3. The normalized spacial score (nSPS) is 34.4. The maximum Gasteiger partial charge on any atom is 0.129 e. The Morgan fingerprint density at radius 1 is 1.50 bits per heavy atom. The predicted molar refractivity (Wildman–Crippen MR) is 69.6 cm³/mol. The second-order valence-electron chi connectivity index (χ2n) is 5.84. The summed E-state index contributed by atoms with van der Waals surface area (Å²) in [6.07, 6.45) is 5.57. The number of aldehydes is 1. The van der Waals surface area contributed by atoms with Crippen molar-refractivity contribution < 1.29 is 14.3 Å². The van der Waals surface area contributed by atoms with Crippen LogP contribution in [0.1, 0.15) is 25.7 Å². The zero-order valence-electron chi connectivity index (χ0n) is 11.4. The molecule has 4 heteroatoms. The number of piperidine rings is 1. The van der Waals surface area contributed by atoms with E-state index in [0.29, 0.717) is 12.5 Å². The number of hydrogen-bond acceptors (Lipinski definition) is 4. The lowest BCUT2D eigenvalue weighted by Gasteiger charge is -2.40. The number of likely N-dealkylation sites (tertiary alicyclic amines) is 1. The Bertz CT molecular complexity index is 262. The number of nitrogens with zero attached hydrogens (tertiary/aromatic N) is 1. The van der Waals surface area contributed by atoms with Crippen LogP contribution in [0.2, 0.25) is 0 Å². The van der Waals surface area contributed by atoms with Gasteiger partial charge in [-0.05, 0) is 38.1 Å². The van der Waals surface area contributed by atoms with E-state index in [1.54, 1.807) is 7.11 Å². The van der Waals surface area contributed by atoms with E-state index in [1.165, 1.54) is 12.8 Å². The molecule has 2 rings (SSSR count). The number of carbonyl (C=O) groups excluding carboxylic acids is 1. The van der Waals surface area contributed by atoms with Crippen LogP contribution in [0.25, 0.3) is 0 Å². The summed E-state index contributed by atoms with van der Waals surface area (Å²) in [7, 11) is 1.76. The van der Waals surface area contributed by atoms with Crippen molar-refractivity contribution in [1.82, 2.24) is 4.90 Å². The average molecular weight is 255 g/mol. The third kappa shape index (κ3) is 3.53. The van der Waals surface area contributed by atoms with Crippen LogP contribution in [0, 0.1) is 11.3 Å². The van der Waals surface area contributed by atoms with Crippen molar-refractivity contribution in [2.45, 2.75) is 25.7 Å². The lowest BCUT2D eigenvalue weighted by atomic mass is 9.82. The van der Waals surface area contributed by atoms with Crippen LogP contribution in [0.4, 0.5) is 0 Å². The monoisotopic (exact) mass is 255 g/mol. The van der Waals surface area contributed by atoms with Gasteiger partial charge >= 0.3 is 0 Å². The Morgan fingerprint density at radius 2 is 2.39 bits per heavy atom. The average Bonchev–Trinajstić information content (AvgIpc) is 2.41. The van der Waals surface area contributed by atoms with Crippen molar-refractivity contribution in [3.05, 3.63) is 0 Å². The van der Waals surface area contributed by atoms with Gasteiger partial charge in [0.05, 0.1) is 18.6 Å². The molecule has 0 N–H and O–H groups in total. The molecule has 0 saturated carbocycles. The summed E-state index contributed by atoms with van der Waals surface area (Å²) in [5, 5.41) is 0. The second-order valence-corrected chi connectivity index (χ2v) is 5.84. The molecule has 0 bridgehead atoms. The van der Waals surface area contributed by atoms with Gasteiger partial charge in [0.1, 0.15) is 6.29 Å². The Balaban J connectivity index is 1.88. The summed E-state index contributed by atoms with van der Waals surface area (Å²) in [6.45, 7) is 5.26. The van der Waals surface area contributed by atoms with Crippen molar-refractivity contribution >= 4 is 6.29 Å². The highest BCUT2D eigenvalue weighted by atomic mass is 16.5. The first-order valence-electron chi connectivity index (χ1n) is 7.03. The number of rotatable bonds is 5. The van der Waals surface area contributed by atoms with Crippen molar-refractivity contribution in [2.24, 2.45) is 11.3 Å². The molecule has 2 heterocycles. The van der Waals surface area contributed by atoms with Crippen molar-refractivity contribution in [1.29, 1.82) is 0 Å². The van der Waals surface area contributed by atoms with Crippen LogP contribution in [-0.4, -0.2) is 57.8 Å². The van der Waals surface area contributed by atoms with Gasteiger partial charge in [-0.1, -0.05) is 0 Å². The summed E-state index contributed by atoms with van der Waals surface area (Å²) < 4.78 is 10.8. The Morgan fingerprint density at radius 3 is 3.06 bits per heavy atom. The van der Waals surface area contributed by atoms with Crippen LogP contribution in [0.3, 0.4) is 0 Å². The lowest BCUT2D eigenvalue weighted by molar-refractivity contribution is -0.126. The highest BCUT2D eigenvalue weighted by molar-refractivity contribution is 5.60. The maximum atomic E-state index is 11.4. The Labute approximate surface area is 110 Å². The molecule has 0 aromatic heterocycles. The summed E-state index contributed by atoms with van der Waals surface area (Å²) in [5.74, 6) is 0.622. The van der Waals surface area contributed by atoms with Gasteiger partial charge in [0, 0.05) is 26.8 Å².